The van der Waals surface area contributed by atoms with Gasteiger partial charge in [0.15, 0.2) is 11.5 Å². The minimum absolute atomic E-state index is 0.163. The number of ether oxygens (including phenoxy) is 3. The summed E-state index contributed by atoms with van der Waals surface area (Å²) in [4.78, 5) is 27.0. The first-order valence-electron chi connectivity index (χ1n) is 12.3. The predicted octanol–water partition coefficient (Wildman–Crippen LogP) is 3.41. The van der Waals surface area contributed by atoms with Gasteiger partial charge in [-0.2, -0.15) is 0 Å². The van der Waals surface area contributed by atoms with E-state index in [1.54, 1.807) is 6.07 Å². The van der Waals surface area contributed by atoms with Crippen LogP contribution in [0.2, 0.25) is 0 Å². The van der Waals surface area contributed by atoms with Crippen molar-refractivity contribution in [2.45, 2.75) is 65.1 Å². The Kier molecular flexibility index (Phi) is 8.88. The molecule has 34 heavy (non-hydrogen) atoms. The second-order valence-corrected chi connectivity index (χ2v) is 9.93. The maximum Gasteiger partial charge on any atom is 0.410 e. The van der Waals surface area contributed by atoms with E-state index in [0.717, 1.165) is 31.5 Å². The van der Waals surface area contributed by atoms with Gasteiger partial charge in [-0.3, -0.25) is 4.79 Å². The Hall–Kier alpha value is -2.68. The van der Waals surface area contributed by atoms with E-state index in [1.165, 1.54) is 4.90 Å². The Morgan fingerprint density at radius 1 is 1.24 bits per heavy atom. The van der Waals surface area contributed by atoms with Gasteiger partial charge in [-0.15, -0.1) is 0 Å². The molecule has 190 valence electrons. The lowest BCUT2D eigenvalue weighted by atomic mass is 9.94. The van der Waals surface area contributed by atoms with Gasteiger partial charge in [0.25, 0.3) is 5.91 Å². The van der Waals surface area contributed by atoms with Crippen molar-refractivity contribution < 1.29 is 28.9 Å². The Labute approximate surface area is 202 Å². The maximum atomic E-state index is 13.1. The number of fused-ring (bicyclic) bond motifs is 1. The molecule has 2 atom stereocenters. The van der Waals surface area contributed by atoms with Crippen molar-refractivity contribution in [3.63, 3.8) is 0 Å². The number of aliphatic hydroxyl groups excluding tert-OH is 1. The van der Waals surface area contributed by atoms with Crippen LogP contribution in [0.1, 0.15) is 63.7 Å². The number of β-amino-alcohol motifs (C(OH)–C–C–N with tert-alkyl or cyclic N) is 1. The van der Waals surface area contributed by atoms with Crippen LogP contribution in [0.5, 0.6) is 11.5 Å². The summed E-state index contributed by atoms with van der Waals surface area (Å²) >= 11 is 0. The van der Waals surface area contributed by atoms with E-state index in [-0.39, 0.29) is 18.4 Å². The Morgan fingerprint density at radius 3 is 2.71 bits per heavy atom. The van der Waals surface area contributed by atoms with Gasteiger partial charge < -0.3 is 34.9 Å². The van der Waals surface area contributed by atoms with Crippen LogP contribution < -0.4 is 20.1 Å². The molecule has 3 rings (SSSR count). The molecule has 2 amide bonds. The predicted molar refractivity (Wildman–Crippen MR) is 130 cm³/mol. The number of hydrogen-bond donors (Lipinski definition) is 3. The molecule has 2 heterocycles. The number of rotatable bonds is 7. The number of aliphatic hydroxyl groups is 1. The molecular weight excluding hydrogens is 438 g/mol. The molecule has 1 saturated heterocycles. The van der Waals surface area contributed by atoms with Gasteiger partial charge in [-0.25, -0.2) is 4.79 Å². The molecular formula is C25H39N3O6. The van der Waals surface area contributed by atoms with Crippen LogP contribution in [0.4, 0.5) is 10.5 Å². The first-order chi connectivity index (χ1) is 16.2. The number of carbonyl (C=O) groups is 2. The van der Waals surface area contributed by atoms with E-state index in [0.29, 0.717) is 49.8 Å². The zero-order valence-corrected chi connectivity index (χ0v) is 20.8. The molecule has 0 radical (unpaired) electrons. The fourth-order valence-electron chi connectivity index (χ4n) is 3.98. The monoisotopic (exact) mass is 477 g/mol. The van der Waals surface area contributed by atoms with Crippen molar-refractivity contribution in [2.75, 3.05) is 44.7 Å². The summed E-state index contributed by atoms with van der Waals surface area (Å²) in [5.74, 6) is 0.582. The van der Waals surface area contributed by atoms with E-state index >= 15 is 0 Å². The lowest BCUT2D eigenvalue weighted by molar-refractivity contribution is -0.0122. The van der Waals surface area contributed by atoms with Gasteiger partial charge >= 0.3 is 6.09 Å². The molecule has 3 N–H and O–H groups in total. The number of anilines is 1. The van der Waals surface area contributed by atoms with Crippen molar-refractivity contribution in [3.05, 3.63) is 17.7 Å². The zero-order chi connectivity index (χ0) is 24.7. The number of amides is 2. The summed E-state index contributed by atoms with van der Waals surface area (Å²) in [6.07, 6.45) is 2.23. The lowest BCUT2D eigenvalue weighted by Crippen LogP contribution is -2.50. The van der Waals surface area contributed by atoms with Gasteiger partial charge in [-0.1, -0.05) is 13.3 Å². The van der Waals surface area contributed by atoms with Crippen molar-refractivity contribution in [2.24, 2.45) is 5.92 Å². The topological polar surface area (TPSA) is 109 Å². The summed E-state index contributed by atoms with van der Waals surface area (Å²) in [6, 6.07) is 3.67. The molecule has 9 nitrogen and oxygen atoms in total. The van der Waals surface area contributed by atoms with E-state index in [9.17, 15) is 14.7 Å². The van der Waals surface area contributed by atoms with Crippen LogP contribution in [0.3, 0.4) is 0 Å². The van der Waals surface area contributed by atoms with Crippen LogP contribution >= 0.6 is 0 Å². The third kappa shape index (κ3) is 7.16. The highest BCUT2D eigenvalue weighted by Crippen LogP contribution is 2.37. The number of unbranched alkanes of at least 4 members (excludes halogenated alkanes) is 1. The minimum Gasteiger partial charge on any atom is -0.489 e. The van der Waals surface area contributed by atoms with E-state index in [4.69, 9.17) is 14.2 Å². The molecule has 0 aliphatic carbocycles. The van der Waals surface area contributed by atoms with Crippen molar-refractivity contribution in [3.8, 4) is 11.5 Å². The van der Waals surface area contributed by atoms with Crippen molar-refractivity contribution in [1.29, 1.82) is 0 Å². The molecule has 1 aromatic carbocycles. The highest BCUT2D eigenvalue weighted by molar-refractivity contribution is 5.99. The minimum atomic E-state index is -0.750. The highest BCUT2D eigenvalue weighted by Gasteiger charge is 2.33. The molecule has 9 heteroatoms. The molecule has 1 aromatic rings. The number of nitrogens with one attached hydrogen (secondary N) is 2. The largest absolute Gasteiger partial charge is 0.489 e. The van der Waals surface area contributed by atoms with Crippen LogP contribution in [0, 0.1) is 5.92 Å². The number of carbonyl (C=O) groups excluding carboxylic acids is 2. The zero-order valence-electron chi connectivity index (χ0n) is 20.8. The standard InChI is InChI=1S/C25H39N3O6/c1-5-6-9-26-18-13-19(22-21(14-18)32-11-7-12-33-22)23(30)27-15-17-8-10-28(16-20(17)29)24(31)34-25(2,3)4/h13-14,17,20,26,29H,5-12,15-16H2,1-4H3,(H,27,30)/t17?,20-/m1/s1. The smallest absolute Gasteiger partial charge is 0.410 e. The fraction of sp³-hybridized carbons (Fsp3) is 0.680. The second kappa shape index (κ2) is 11.6. The third-order valence-electron chi connectivity index (χ3n) is 5.85. The average molecular weight is 478 g/mol. The number of piperidine rings is 1. The van der Waals surface area contributed by atoms with Crippen LogP contribution in [-0.2, 0) is 4.74 Å². The van der Waals surface area contributed by atoms with Crippen molar-refractivity contribution in [1.82, 2.24) is 10.2 Å². The molecule has 0 bridgehead atoms. The number of benzene rings is 1. The molecule has 0 spiro atoms. The van der Waals surface area contributed by atoms with E-state index in [2.05, 4.69) is 17.6 Å². The molecule has 2 aliphatic rings. The van der Waals surface area contributed by atoms with Gasteiger partial charge in [0.05, 0.1) is 31.4 Å². The summed E-state index contributed by atoms with van der Waals surface area (Å²) < 4.78 is 17.1. The third-order valence-corrected chi connectivity index (χ3v) is 5.85. The summed E-state index contributed by atoms with van der Waals surface area (Å²) in [7, 11) is 0. The number of likely N-dealkylation sites (tertiary alicyclic amines) is 1. The first-order valence-corrected chi connectivity index (χ1v) is 12.3. The molecule has 0 aromatic heterocycles. The molecule has 2 aliphatic heterocycles. The van der Waals surface area contributed by atoms with Crippen LogP contribution in [0.15, 0.2) is 12.1 Å². The summed E-state index contributed by atoms with van der Waals surface area (Å²) in [5.41, 5.74) is 0.643. The van der Waals surface area contributed by atoms with Gasteiger partial charge in [0.1, 0.15) is 5.60 Å². The SMILES string of the molecule is CCCCNc1cc2c(c(C(=O)NCC3CCN(C(=O)OC(C)(C)C)C[C@H]3O)c1)OCCCO2. The second-order valence-electron chi connectivity index (χ2n) is 9.93. The Morgan fingerprint density at radius 2 is 2.00 bits per heavy atom. The quantitative estimate of drug-likeness (QED) is 0.516. The van der Waals surface area contributed by atoms with Crippen LogP contribution in [-0.4, -0.2) is 73.1 Å². The van der Waals surface area contributed by atoms with E-state index in [1.807, 2.05) is 26.8 Å². The first kappa shape index (κ1) is 25.9. The number of hydrogen-bond acceptors (Lipinski definition) is 7. The van der Waals surface area contributed by atoms with Crippen LogP contribution in [0.25, 0.3) is 0 Å². The Bertz CT molecular complexity index is 854. The van der Waals surface area contributed by atoms with Gasteiger partial charge in [0.2, 0.25) is 0 Å². The van der Waals surface area contributed by atoms with Gasteiger partial charge in [0, 0.05) is 43.7 Å². The lowest BCUT2D eigenvalue weighted by Gasteiger charge is -2.36. The summed E-state index contributed by atoms with van der Waals surface area (Å²) in [6.45, 7) is 10.3. The normalized spacial score (nSPS) is 20.3. The maximum absolute atomic E-state index is 13.1. The molecule has 0 saturated carbocycles. The van der Waals surface area contributed by atoms with E-state index < -0.39 is 17.8 Å². The molecule has 1 fully saturated rings. The summed E-state index contributed by atoms with van der Waals surface area (Å²) in [5, 5.41) is 16.9. The molecule has 1 unspecified atom stereocenters. The fourth-order valence-corrected chi connectivity index (χ4v) is 3.98. The number of nitrogens with zero attached hydrogens (tertiary/aromatic N) is 1. The highest BCUT2D eigenvalue weighted by atomic mass is 16.6. The van der Waals surface area contributed by atoms with Crippen molar-refractivity contribution >= 4 is 17.7 Å². The average Bonchev–Trinajstić information content (AvgIpc) is 3.02. The van der Waals surface area contributed by atoms with Gasteiger partial charge in [-0.05, 0) is 39.7 Å². The Balaban J connectivity index is 1.63.